The minimum atomic E-state index is -3.90. The van der Waals surface area contributed by atoms with Gasteiger partial charge < -0.3 is 15.3 Å². The van der Waals surface area contributed by atoms with Gasteiger partial charge in [-0.2, -0.15) is 4.48 Å². The van der Waals surface area contributed by atoms with E-state index in [1.165, 1.54) is 0 Å². The lowest BCUT2D eigenvalue weighted by molar-refractivity contribution is -1.13. The summed E-state index contributed by atoms with van der Waals surface area (Å²) in [6.45, 7) is -0.256. The van der Waals surface area contributed by atoms with Crippen LogP contribution in [0.2, 0.25) is 0 Å². The summed E-state index contributed by atoms with van der Waals surface area (Å²) in [7, 11) is 0.522. The average Bonchev–Trinajstić information content (AvgIpc) is 2.13. The molecule has 0 aromatic rings. The number of carboxylic acid groups (broad SMARTS) is 1. The quantitative estimate of drug-likeness (QED) is 0.168. The first-order valence-electron chi connectivity index (χ1n) is 4.95. The first-order chi connectivity index (χ1) is 8.07. The second kappa shape index (κ2) is 4.90. The van der Waals surface area contributed by atoms with Gasteiger partial charge in [0.05, 0.1) is 13.0 Å². The van der Waals surface area contributed by atoms with E-state index < -0.39 is 40.9 Å². The Bertz CT molecular complexity index is 326. The summed E-state index contributed by atoms with van der Waals surface area (Å²) in [4.78, 5) is 10.6. The van der Waals surface area contributed by atoms with Crippen LogP contribution in [0, 0.1) is 5.92 Å². The fourth-order valence-corrected chi connectivity index (χ4v) is 1.33. The van der Waals surface area contributed by atoms with E-state index in [-0.39, 0.29) is 0 Å². The maximum Gasteiger partial charge on any atom is 0.448 e. The van der Waals surface area contributed by atoms with E-state index in [0.29, 0.717) is 7.05 Å². The Morgan fingerprint density at radius 1 is 1.00 bits per heavy atom. The average molecular weight is 288 g/mol. The number of rotatable bonds is 6. The van der Waals surface area contributed by atoms with Gasteiger partial charge in [-0.05, 0) is 0 Å². The molecule has 11 heteroatoms. The second-order valence-corrected chi connectivity index (χ2v) is 4.51. The van der Waals surface area contributed by atoms with Crippen LogP contribution < -0.4 is 0 Å². The molecule has 0 aliphatic carbocycles. The van der Waals surface area contributed by atoms with Crippen molar-refractivity contribution in [3.8, 4) is 0 Å². The number of carboxylic acids is 1. The Kier molecular flexibility index (Phi) is 4.67. The zero-order valence-electron chi connectivity index (χ0n) is 10.2. The second-order valence-electron chi connectivity index (χ2n) is 4.51. The van der Waals surface area contributed by atoms with Gasteiger partial charge in [0.25, 0.3) is 5.79 Å². The molecule has 1 atom stereocenters. The van der Waals surface area contributed by atoms with Gasteiger partial charge in [0.1, 0.15) is 6.54 Å². The smallest absolute Gasteiger partial charge is 0.448 e. The summed E-state index contributed by atoms with van der Waals surface area (Å²) in [5, 5.41) is 81.1. The number of hydrogen-bond donors (Lipinski definition) is 9. The molecule has 0 amide bonds. The molecule has 0 rings (SSSR count). The summed E-state index contributed by atoms with van der Waals surface area (Å²) in [5.74, 6) is -7.20. The molecule has 0 saturated carbocycles. The van der Waals surface area contributed by atoms with Crippen molar-refractivity contribution in [2.45, 2.75) is 24.9 Å². The van der Waals surface area contributed by atoms with Gasteiger partial charge in [0.2, 0.25) is 0 Å². The topological polar surface area (TPSA) is 199 Å². The van der Waals surface area contributed by atoms with Crippen LogP contribution in [0.25, 0.3) is 0 Å². The fourth-order valence-electron chi connectivity index (χ4n) is 1.33. The van der Waals surface area contributed by atoms with Crippen molar-refractivity contribution in [2.75, 3.05) is 13.6 Å². The third-order valence-corrected chi connectivity index (χ3v) is 2.97. The molecule has 9 N–H and O–H groups in total. The maximum absolute atomic E-state index is 10.6. The molecule has 0 fully saturated rings. The van der Waals surface area contributed by atoms with Crippen molar-refractivity contribution in [3.05, 3.63) is 0 Å². The van der Waals surface area contributed by atoms with E-state index in [0.717, 1.165) is 6.92 Å². The predicted molar refractivity (Wildman–Crippen MR) is 53.8 cm³/mol. The molecule has 0 aliphatic rings. The van der Waals surface area contributed by atoms with Crippen LogP contribution in [0.15, 0.2) is 0 Å². The number of hydrogen-bond acceptors (Lipinski definition) is 9. The third kappa shape index (κ3) is 3.36. The molecule has 0 spiro atoms. The van der Waals surface area contributed by atoms with E-state index >= 15 is 0 Å². The SMILES string of the molecule is CC(C[N+](C)(C(O)(O)O)C(O)(O)O)C(O)(O)C(=O)O. The summed E-state index contributed by atoms with van der Waals surface area (Å²) in [5.41, 5.74) is 0. The fraction of sp³-hybridized carbons (Fsp3) is 0.875. The highest BCUT2D eigenvalue weighted by Gasteiger charge is 2.61. The van der Waals surface area contributed by atoms with Gasteiger partial charge in [-0.3, -0.25) is 30.6 Å². The predicted octanol–water partition coefficient (Wildman–Crippen LogP) is -4.99. The van der Waals surface area contributed by atoms with Gasteiger partial charge in [-0.1, -0.05) is 6.92 Å². The molecule has 0 saturated heterocycles. The lowest BCUT2D eigenvalue weighted by Crippen LogP contribution is -2.75. The molecule has 0 aromatic carbocycles. The minimum absolute atomic E-state index is 0.522. The van der Waals surface area contributed by atoms with Gasteiger partial charge in [-0.25, -0.2) is 4.79 Å². The molecule has 11 nitrogen and oxygen atoms in total. The zero-order valence-corrected chi connectivity index (χ0v) is 10.2. The van der Waals surface area contributed by atoms with E-state index in [1.807, 2.05) is 0 Å². The monoisotopic (exact) mass is 288 g/mol. The molecule has 0 bridgehead atoms. The molecule has 0 heterocycles. The van der Waals surface area contributed by atoms with Crippen molar-refractivity contribution in [3.63, 3.8) is 0 Å². The summed E-state index contributed by atoms with van der Waals surface area (Å²) in [6.07, 6.45) is -7.80. The minimum Gasteiger partial charge on any atom is -0.477 e. The summed E-state index contributed by atoms with van der Waals surface area (Å²) >= 11 is 0. The largest absolute Gasteiger partial charge is 0.477 e. The summed E-state index contributed by atoms with van der Waals surface area (Å²) in [6, 6.07) is 0. The first-order valence-corrected chi connectivity index (χ1v) is 4.95. The Balaban J connectivity index is 5.47. The number of aliphatic hydroxyl groups is 8. The van der Waals surface area contributed by atoms with Crippen molar-refractivity contribution >= 4 is 5.97 Å². The van der Waals surface area contributed by atoms with Crippen molar-refractivity contribution in [1.82, 2.24) is 0 Å². The molecular formula is C8H18NO10+. The lowest BCUT2D eigenvalue weighted by atomic mass is 9.99. The number of quaternary nitrogens is 1. The molecular weight excluding hydrogens is 270 g/mol. The van der Waals surface area contributed by atoms with Crippen LogP contribution in [0.1, 0.15) is 6.92 Å². The van der Waals surface area contributed by atoms with Crippen molar-refractivity contribution in [2.24, 2.45) is 5.92 Å². The van der Waals surface area contributed by atoms with E-state index in [9.17, 15) is 15.0 Å². The standard InChI is InChI=1S/C8H17NO10/c1-4(6(12,13)5(10)11)3-9(2,7(14,15)16)8(17,18)19/h4,12-19H,3H2,1-2H3/p+1. The van der Waals surface area contributed by atoms with Gasteiger partial charge in [-0.15, -0.1) is 0 Å². The number of aliphatic carboxylic acids is 1. The first kappa shape index (κ1) is 18.1. The number of carbonyl (C=O) groups is 1. The van der Waals surface area contributed by atoms with Crippen molar-refractivity contribution in [1.29, 1.82) is 0 Å². The van der Waals surface area contributed by atoms with Gasteiger partial charge >= 0.3 is 18.2 Å². The van der Waals surface area contributed by atoms with Crippen LogP contribution in [0.3, 0.4) is 0 Å². The Morgan fingerprint density at radius 2 is 1.32 bits per heavy atom. The third-order valence-electron chi connectivity index (χ3n) is 2.97. The van der Waals surface area contributed by atoms with E-state index in [4.69, 9.17) is 35.7 Å². The normalized spacial score (nSPS) is 16.3. The molecule has 1 unspecified atom stereocenters. The molecule has 114 valence electrons. The Hall–Kier alpha value is -0.890. The Morgan fingerprint density at radius 3 is 1.53 bits per heavy atom. The van der Waals surface area contributed by atoms with E-state index in [1.54, 1.807) is 0 Å². The molecule has 19 heavy (non-hydrogen) atoms. The highest BCUT2D eigenvalue weighted by Crippen LogP contribution is 2.29. The zero-order chi connectivity index (χ0) is 15.9. The molecule has 0 aromatic heterocycles. The van der Waals surface area contributed by atoms with Crippen LogP contribution in [0.5, 0.6) is 0 Å². The maximum atomic E-state index is 10.6. The number of nitrogens with zero attached hydrogens (tertiary/aromatic N) is 1. The van der Waals surface area contributed by atoms with Crippen LogP contribution in [-0.4, -0.2) is 88.0 Å². The van der Waals surface area contributed by atoms with Gasteiger partial charge in [0.15, 0.2) is 0 Å². The van der Waals surface area contributed by atoms with E-state index in [2.05, 4.69) is 0 Å². The van der Waals surface area contributed by atoms with Crippen molar-refractivity contribution < 1.29 is 55.2 Å². The highest BCUT2D eigenvalue weighted by molar-refractivity contribution is 5.75. The molecule has 0 radical (unpaired) electrons. The summed E-state index contributed by atoms with van der Waals surface area (Å²) < 4.78 is -2.14. The van der Waals surface area contributed by atoms with Crippen LogP contribution >= 0.6 is 0 Å². The molecule has 0 aliphatic heterocycles. The highest BCUT2D eigenvalue weighted by atomic mass is 16.8. The van der Waals surface area contributed by atoms with Crippen LogP contribution in [0.4, 0.5) is 0 Å². The lowest BCUT2D eigenvalue weighted by Gasteiger charge is -2.45. The van der Waals surface area contributed by atoms with Gasteiger partial charge in [0, 0.05) is 0 Å². The van der Waals surface area contributed by atoms with Crippen LogP contribution in [-0.2, 0) is 4.79 Å². The Labute approximate surface area is 107 Å².